The number of pyridine rings is 1. The number of carbonyl (C=O) groups excluding carboxylic acids is 1. The highest BCUT2D eigenvalue weighted by Crippen LogP contribution is 2.31. The van der Waals surface area contributed by atoms with Crippen LogP contribution in [0.5, 0.6) is 0 Å². The summed E-state index contributed by atoms with van der Waals surface area (Å²) < 4.78 is 38.6. The van der Waals surface area contributed by atoms with E-state index < -0.39 is 17.3 Å². The highest BCUT2D eigenvalue weighted by molar-refractivity contribution is 6.32. The molecule has 1 amide bonds. The molecule has 1 aliphatic rings. The number of halogens is 4. The van der Waals surface area contributed by atoms with Crippen molar-refractivity contribution in [3.05, 3.63) is 64.4 Å². The zero-order valence-corrected chi connectivity index (χ0v) is 17.0. The zero-order chi connectivity index (χ0) is 21.8. The Morgan fingerprint density at radius 2 is 1.97 bits per heavy atom. The minimum absolute atomic E-state index is 0.122. The van der Waals surface area contributed by atoms with E-state index in [1.54, 1.807) is 18.2 Å². The van der Waals surface area contributed by atoms with Crippen LogP contribution in [0.2, 0.25) is 5.15 Å². The maximum absolute atomic E-state index is 12.9. The van der Waals surface area contributed by atoms with E-state index >= 15 is 0 Å². The van der Waals surface area contributed by atoms with Crippen LogP contribution in [0.25, 0.3) is 0 Å². The fourth-order valence-electron chi connectivity index (χ4n) is 3.54. The first-order valence-corrected chi connectivity index (χ1v) is 10.0. The molecule has 162 valence electrons. The Balaban J connectivity index is 1.46. The number of piperidine rings is 1. The first-order valence-electron chi connectivity index (χ1n) is 9.66. The molecule has 1 fully saturated rings. The highest BCUT2D eigenvalue weighted by Gasteiger charge is 2.33. The van der Waals surface area contributed by atoms with Gasteiger partial charge in [-0.05, 0) is 43.0 Å². The van der Waals surface area contributed by atoms with Crippen LogP contribution in [-0.4, -0.2) is 46.1 Å². The maximum Gasteiger partial charge on any atom is 0.416 e. The summed E-state index contributed by atoms with van der Waals surface area (Å²) in [6.07, 6.45) is -1.52. The summed E-state index contributed by atoms with van der Waals surface area (Å²) in [6, 6.07) is 8.51. The standard InChI is InChI=1S/C21H23ClF3N3O2/c22-18-17(5-2-9-26-18)19(29)27-10-6-20(30)7-11-28(12-8-20)14-15-3-1-4-16(13-15)21(23,24)25/h1-5,9,13,30H,6-8,10-12,14H2,(H,27,29). The number of nitrogens with one attached hydrogen (secondary N) is 1. The van der Waals surface area contributed by atoms with Gasteiger partial charge in [-0.3, -0.25) is 9.69 Å². The third-order valence-electron chi connectivity index (χ3n) is 5.33. The fourth-order valence-corrected chi connectivity index (χ4v) is 3.75. The molecule has 1 aromatic heterocycles. The lowest BCUT2D eigenvalue weighted by atomic mass is 9.88. The van der Waals surface area contributed by atoms with Crippen molar-refractivity contribution < 1.29 is 23.1 Å². The Morgan fingerprint density at radius 3 is 2.63 bits per heavy atom. The molecule has 0 atom stereocenters. The van der Waals surface area contributed by atoms with E-state index in [1.165, 1.54) is 18.3 Å². The molecule has 0 bridgehead atoms. The summed E-state index contributed by atoms with van der Waals surface area (Å²) >= 11 is 5.90. The quantitative estimate of drug-likeness (QED) is 0.667. The van der Waals surface area contributed by atoms with E-state index in [1.807, 2.05) is 4.90 Å². The number of rotatable bonds is 6. The molecule has 30 heavy (non-hydrogen) atoms. The molecular weight excluding hydrogens is 419 g/mol. The van der Waals surface area contributed by atoms with Crippen molar-refractivity contribution in [3.8, 4) is 0 Å². The molecule has 0 unspecified atom stereocenters. The Hall–Kier alpha value is -2.16. The molecular formula is C21H23ClF3N3O2. The summed E-state index contributed by atoms with van der Waals surface area (Å²) in [6.45, 7) is 1.81. The van der Waals surface area contributed by atoms with Crippen molar-refractivity contribution in [3.63, 3.8) is 0 Å². The molecule has 0 saturated carbocycles. The van der Waals surface area contributed by atoms with Crippen molar-refractivity contribution in [2.45, 2.75) is 37.6 Å². The third-order valence-corrected chi connectivity index (χ3v) is 5.63. The SMILES string of the molecule is O=C(NCCC1(O)CCN(Cc2cccc(C(F)(F)F)c2)CC1)c1cccnc1Cl. The lowest BCUT2D eigenvalue weighted by Gasteiger charge is -2.38. The molecule has 2 heterocycles. The van der Waals surface area contributed by atoms with Crippen LogP contribution in [0.15, 0.2) is 42.6 Å². The topological polar surface area (TPSA) is 65.5 Å². The van der Waals surface area contributed by atoms with Gasteiger partial charge in [0.05, 0.1) is 16.7 Å². The fraction of sp³-hybridized carbons (Fsp3) is 0.429. The van der Waals surface area contributed by atoms with Gasteiger partial charge in [0.2, 0.25) is 0 Å². The van der Waals surface area contributed by atoms with Gasteiger partial charge in [0.25, 0.3) is 5.91 Å². The first kappa shape index (κ1) is 22.5. The minimum atomic E-state index is -4.36. The van der Waals surface area contributed by atoms with Gasteiger partial charge >= 0.3 is 6.18 Å². The van der Waals surface area contributed by atoms with Crippen molar-refractivity contribution in [1.82, 2.24) is 15.2 Å². The number of benzene rings is 1. The van der Waals surface area contributed by atoms with Gasteiger partial charge in [0.15, 0.2) is 0 Å². The summed E-state index contributed by atoms with van der Waals surface area (Å²) in [5.41, 5.74) is -0.702. The van der Waals surface area contributed by atoms with Gasteiger partial charge in [-0.1, -0.05) is 29.8 Å². The van der Waals surface area contributed by atoms with Crippen LogP contribution in [0.4, 0.5) is 13.2 Å². The molecule has 9 heteroatoms. The van der Waals surface area contributed by atoms with E-state index in [-0.39, 0.29) is 23.2 Å². The smallest absolute Gasteiger partial charge is 0.390 e. The highest BCUT2D eigenvalue weighted by atomic mass is 35.5. The average molecular weight is 442 g/mol. The normalized spacial score (nSPS) is 17.0. The molecule has 5 nitrogen and oxygen atoms in total. The zero-order valence-electron chi connectivity index (χ0n) is 16.3. The van der Waals surface area contributed by atoms with Gasteiger partial charge in [0, 0.05) is 32.4 Å². The monoisotopic (exact) mass is 441 g/mol. The number of amides is 1. The molecule has 1 aromatic carbocycles. The van der Waals surface area contributed by atoms with Crippen molar-refractivity contribution in [2.75, 3.05) is 19.6 Å². The van der Waals surface area contributed by atoms with Crippen LogP contribution >= 0.6 is 11.6 Å². The molecule has 2 N–H and O–H groups in total. The predicted octanol–water partition coefficient (Wildman–Crippen LogP) is 3.90. The van der Waals surface area contributed by atoms with Crippen molar-refractivity contribution >= 4 is 17.5 Å². The molecule has 2 aromatic rings. The second-order valence-electron chi connectivity index (χ2n) is 7.55. The summed E-state index contributed by atoms with van der Waals surface area (Å²) in [5, 5.41) is 13.6. The van der Waals surface area contributed by atoms with Crippen LogP contribution in [0, 0.1) is 0 Å². The van der Waals surface area contributed by atoms with Crippen molar-refractivity contribution in [1.29, 1.82) is 0 Å². The Bertz CT molecular complexity index is 884. The van der Waals surface area contributed by atoms with E-state index in [0.29, 0.717) is 44.5 Å². The van der Waals surface area contributed by atoms with Crippen molar-refractivity contribution in [2.24, 2.45) is 0 Å². The number of aliphatic hydroxyl groups is 1. The number of aromatic nitrogens is 1. The lowest BCUT2D eigenvalue weighted by Crippen LogP contribution is -2.45. The first-order chi connectivity index (χ1) is 14.2. The number of carbonyl (C=O) groups is 1. The number of alkyl halides is 3. The van der Waals surface area contributed by atoms with Crippen LogP contribution in [-0.2, 0) is 12.7 Å². The largest absolute Gasteiger partial charge is 0.416 e. The number of hydrogen-bond acceptors (Lipinski definition) is 4. The number of likely N-dealkylation sites (tertiary alicyclic amines) is 1. The van der Waals surface area contributed by atoms with Gasteiger partial charge in [0.1, 0.15) is 5.15 Å². The summed E-state index contributed by atoms with van der Waals surface area (Å²) in [4.78, 5) is 18.0. The predicted molar refractivity (Wildman–Crippen MR) is 107 cm³/mol. The van der Waals surface area contributed by atoms with Gasteiger partial charge in [-0.2, -0.15) is 13.2 Å². The molecule has 1 aliphatic heterocycles. The maximum atomic E-state index is 12.9. The summed E-state index contributed by atoms with van der Waals surface area (Å²) in [5.74, 6) is -0.348. The van der Waals surface area contributed by atoms with Gasteiger partial charge in [-0.25, -0.2) is 4.98 Å². The lowest BCUT2D eigenvalue weighted by molar-refractivity contribution is -0.137. The van der Waals surface area contributed by atoms with Crippen LogP contribution in [0.3, 0.4) is 0 Å². The second kappa shape index (κ2) is 9.32. The Morgan fingerprint density at radius 1 is 1.23 bits per heavy atom. The van der Waals surface area contributed by atoms with Gasteiger partial charge in [-0.15, -0.1) is 0 Å². The second-order valence-corrected chi connectivity index (χ2v) is 7.90. The molecule has 3 rings (SSSR count). The number of nitrogens with zero attached hydrogens (tertiary/aromatic N) is 2. The van der Waals surface area contributed by atoms with Crippen LogP contribution < -0.4 is 5.32 Å². The Kier molecular flexibility index (Phi) is 7.00. The molecule has 0 radical (unpaired) electrons. The molecule has 0 aliphatic carbocycles. The van der Waals surface area contributed by atoms with E-state index in [4.69, 9.17) is 11.6 Å². The molecule has 1 saturated heterocycles. The van der Waals surface area contributed by atoms with Crippen LogP contribution in [0.1, 0.15) is 40.7 Å². The van der Waals surface area contributed by atoms with Gasteiger partial charge < -0.3 is 10.4 Å². The van der Waals surface area contributed by atoms with E-state index in [0.717, 1.165) is 6.07 Å². The minimum Gasteiger partial charge on any atom is -0.390 e. The Labute approximate surface area is 177 Å². The third kappa shape index (κ3) is 5.93. The average Bonchev–Trinajstić information content (AvgIpc) is 2.70. The van der Waals surface area contributed by atoms with E-state index in [2.05, 4.69) is 10.3 Å². The molecule has 0 spiro atoms. The number of hydrogen-bond donors (Lipinski definition) is 2. The van der Waals surface area contributed by atoms with E-state index in [9.17, 15) is 23.1 Å². The summed E-state index contributed by atoms with van der Waals surface area (Å²) in [7, 11) is 0.